The Morgan fingerprint density at radius 3 is 2.67 bits per heavy atom. The third-order valence-electron chi connectivity index (χ3n) is 3.24. The van der Waals surface area contributed by atoms with Crippen molar-refractivity contribution < 1.29 is 23.5 Å². The number of nitrogen functional groups attached to an aromatic ring is 1. The molecule has 1 amide bonds. The second-order valence-corrected chi connectivity index (χ2v) is 4.90. The Balaban J connectivity index is 1.85. The molecule has 0 saturated heterocycles. The van der Waals surface area contributed by atoms with E-state index in [2.05, 4.69) is 5.32 Å². The van der Waals surface area contributed by atoms with E-state index in [1.54, 1.807) is 6.07 Å². The van der Waals surface area contributed by atoms with Crippen LogP contribution in [0.15, 0.2) is 42.5 Å². The summed E-state index contributed by atoms with van der Waals surface area (Å²) in [5.74, 6) is -1.18. The number of nitrogens with two attached hydrogens (primary N) is 1. The van der Waals surface area contributed by atoms with Crippen molar-refractivity contribution in [2.45, 2.75) is 6.54 Å². The lowest BCUT2D eigenvalue weighted by Crippen LogP contribution is -2.28. The molecule has 2 rings (SSSR count). The highest BCUT2D eigenvalue weighted by Crippen LogP contribution is 2.17. The normalized spacial score (nSPS) is 10.1. The fourth-order valence-corrected chi connectivity index (χ4v) is 2.02. The lowest BCUT2D eigenvalue weighted by atomic mass is 10.2. The quantitative estimate of drug-likeness (QED) is 0.623. The minimum atomic E-state index is -0.792. The highest BCUT2D eigenvalue weighted by Gasteiger charge is 2.14. The standard InChI is InChI=1S/C17H17FN2O4/c1-23-15-5-3-2-4-11(15)9-20-16(21)10-24-17(22)13-7-6-12(18)8-14(13)19/h2-8H,9-10,19H2,1H3,(H,20,21). The molecule has 0 atom stereocenters. The Bertz CT molecular complexity index is 749. The molecule has 0 bridgehead atoms. The van der Waals surface area contributed by atoms with Gasteiger partial charge >= 0.3 is 5.97 Å². The first kappa shape index (κ1) is 17.3. The summed E-state index contributed by atoms with van der Waals surface area (Å²) in [6.07, 6.45) is 0. The molecule has 2 aromatic rings. The van der Waals surface area contributed by atoms with E-state index in [-0.39, 0.29) is 17.8 Å². The number of ether oxygens (including phenoxy) is 2. The van der Waals surface area contributed by atoms with Gasteiger partial charge in [0.25, 0.3) is 5.91 Å². The summed E-state index contributed by atoms with van der Waals surface area (Å²) in [5.41, 5.74) is 6.30. The molecule has 0 aromatic heterocycles. The molecule has 0 fully saturated rings. The molecule has 0 heterocycles. The van der Waals surface area contributed by atoms with Gasteiger partial charge in [-0.05, 0) is 24.3 Å². The van der Waals surface area contributed by atoms with E-state index in [0.717, 1.165) is 17.7 Å². The van der Waals surface area contributed by atoms with Crippen LogP contribution >= 0.6 is 0 Å². The number of hydrogen-bond acceptors (Lipinski definition) is 5. The summed E-state index contributed by atoms with van der Waals surface area (Å²) in [4.78, 5) is 23.6. The topological polar surface area (TPSA) is 90.6 Å². The minimum absolute atomic E-state index is 0.00827. The number of benzene rings is 2. The second-order valence-electron chi connectivity index (χ2n) is 4.90. The SMILES string of the molecule is COc1ccccc1CNC(=O)COC(=O)c1ccc(F)cc1N. The molecular formula is C17H17FN2O4. The largest absolute Gasteiger partial charge is 0.496 e. The number of amides is 1. The summed E-state index contributed by atoms with van der Waals surface area (Å²) in [6.45, 7) is -0.232. The van der Waals surface area contributed by atoms with Gasteiger partial charge in [0.05, 0.1) is 12.7 Å². The molecular weight excluding hydrogens is 315 g/mol. The van der Waals surface area contributed by atoms with E-state index in [4.69, 9.17) is 15.2 Å². The maximum atomic E-state index is 12.9. The zero-order chi connectivity index (χ0) is 17.5. The number of hydrogen-bond donors (Lipinski definition) is 2. The first-order valence-corrected chi connectivity index (χ1v) is 7.12. The molecule has 126 valence electrons. The second kappa shape index (κ2) is 7.96. The van der Waals surface area contributed by atoms with Gasteiger partial charge < -0.3 is 20.5 Å². The van der Waals surface area contributed by atoms with E-state index in [9.17, 15) is 14.0 Å². The van der Waals surface area contributed by atoms with Gasteiger partial charge in [-0.25, -0.2) is 9.18 Å². The number of halogens is 1. The lowest BCUT2D eigenvalue weighted by Gasteiger charge is -2.10. The first-order valence-electron chi connectivity index (χ1n) is 7.12. The Morgan fingerprint density at radius 2 is 1.96 bits per heavy atom. The molecule has 0 aliphatic carbocycles. The van der Waals surface area contributed by atoms with Crippen molar-refractivity contribution in [2.75, 3.05) is 19.5 Å². The third kappa shape index (κ3) is 4.45. The van der Waals surface area contributed by atoms with Gasteiger partial charge in [0, 0.05) is 17.8 Å². The Kier molecular flexibility index (Phi) is 5.73. The Morgan fingerprint density at radius 1 is 1.21 bits per heavy atom. The predicted octanol–water partition coefficient (Wildman–Crippen LogP) is 1.89. The van der Waals surface area contributed by atoms with Crippen molar-refractivity contribution in [3.8, 4) is 5.75 Å². The molecule has 24 heavy (non-hydrogen) atoms. The van der Waals surface area contributed by atoms with Crippen LogP contribution in [-0.2, 0) is 16.1 Å². The van der Waals surface area contributed by atoms with Gasteiger partial charge in [-0.2, -0.15) is 0 Å². The van der Waals surface area contributed by atoms with Gasteiger partial charge in [0.1, 0.15) is 11.6 Å². The number of nitrogens with one attached hydrogen (secondary N) is 1. The van der Waals surface area contributed by atoms with Crippen LogP contribution in [0.1, 0.15) is 15.9 Å². The van der Waals surface area contributed by atoms with E-state index in [1.165, 1.54) is 13.2 Å². The number of carbonyl (C=O) groups excluding carboxylic acids is 2. The summed E-state index contributed by atoms with van der Waals surface area (Å²) in [6, 6.07) is 10.5. The van der Waals surface area contributed by atoms with Crippen LogP contribution in [0.4, 0.5) is 10.1 Å². The number of anilines is 1. The maximum absolute atomic E-state index is 12.9. The van der Waals surface area contributed by atoms with Crippen molar-refractivity contribution in [1.29, 1.82) is 0 Å². The summed E-state index contributed by atoms with van der Waals surface area (Å²) in [7, 11) is 1.54. The van der Waals surface area contributed by atoms with Crippen molar-refractivity contribution >= 4 is 17.6 Å². The fraction of sp³-hybridized carbons (Fsp3) is 0.176. The molecule has 0 aliphatic rings. The predicted molar refractivity (Wildman–Crippen MR) is 85.9 cm³/mol. The van der Waals surface area contributed by atoms with E-state index >= 15 is 0 Å². The molecule has 0 spiro atoms. The Labute approximate surface area is 138 Å². The molecule has 2 aromatic carbocycles. The van der Waals surface area contributed by atoms with Crippen LogP contribution in [-0.4, -0.2) is 25.6 Å². The van der Waals surface area contributed by atoms with E-state index in [0.29, 0.717) is 5.75 Å². The van der Waals surface area contributed by atoms with Gasteiger partial charge in [-0.3, -0.25) is 4.79 Å². The van der Waals surface area contributed by atoms with Crippen LogP contribution in [0.2, 0.25) is 0 Å². The van der Waals surface area contributed by atoms with Crippen LogP contribution in [0.3, 0.4) is 0 Å². The number of esters is 1. The van der Waals surface area contributed by atoms with Crippen LogP contribution < -0.4 is 15.8 Å². The van der Waals surface area contributed by atoms with Gasteiger partial charge in [-0.15, -0.1) is 0 Å². The Hall–Kier alpha value is -3.09. The van der Waals surface area contributed by atoms with Crippen molar-refractivity contribution in [3.63, 3.8) is 0 Å². The minimum Gasteiger partial charge on any atom is -0.496 e. The zero-order valence-electron chi connectivity index (χ0n) is 13.0. The number of methoxy groups -OCH3 is 1. The van der Waals surface area contributed by atoms with Crippen molar-refractivity contribution in [1.82, 2.24) is 5.32 Å². The average Bonchev–Trinajstić information content (AvgIpc) is 2.58. The molecule has 6 nitrogen and oxygen atoms in total. The third-order valence-corrected chi connectivity index (χ3v) is 3.24. The van der Waals surface area contributed by atoms with Crippen LogP contribution in [0.5, 0.6) is 5.75 Å². The molecule has 0 saturated carbocycles. The first-order chi connectivity index (χ1) is 11.5. The van der Waals surface area contributed by atoms with E-state index in [1.807, 2.05) is 18.2 Å². The van der Waals surface area contributed by atoms with Gasteiger partial charge in [0.2, 0.25) is 0 Å². The number of rotatable bonds is 6. The number of para-hydroxylation sites is 1. The summed E-state index contributed by atoms with van der Waals surface area (Å²) >= 11 is 0. The smallest absolute Gasteiger partial charge is 0.340 e. The van der Waals surface area contributed by atoms with Crippen LogP contribution in [0.25, 0.3) is 0 Å². The van der Waals surface area contributed by atoms with E-state index < -0.39 is 24.3 Å². The zero-order valence-corrected chi connectivity index (χ0v) is 13.0. The molecule has 0 aliphatic heterocycles. The van der Waals surface area contributed by atoms with Crippen molar-refractivity contribution in [2.24, 2.45) is 0 Å². The van der Waals surface area contributed by atoms with Crippen molar-refractivity contribution in [3.05, 3.63) is 59.4 Å². The molecule has 7 heteroatoms. The molecule has 3 N–H and O–H groups in total. The summed E-state index contributed by atoms with van der Waals surface area (Å²) in [5, 5.41) is 2.62. The fourth-order valence-electron chi connectivity index (χ4n) is 2.02. The lowest BCUT2D eigenvalue weighted by molar-refractivity contribution is -0.124. The highest BCUT2D eigenvalue weighted by molar-refractivity contribution is 5.96. The maximum Gasteiger partial charge on any atom is 0.340 e. The monoisotopic (exact) mass is 332 g/mol. The van der Waals surface area contributed by atoms with Gasteiger partial charge in [-0.1, -0.05) is 18.2 Å². The molecule has 0 radical (unpaired) electrons. The highest BCUT2D eigenvalue weighted by atomic mass is 19.1. The van der Waals surface area contributed by atoms with Gasteiger partial charge in [0.15, 0.2) is 6.61 Å². The summed E-state index contributed by atoms with van der Waals surface area (Å²) < 4.78 is 23.0. The number of carbonyl (C=O) groups is 2. The average molecular weight is 332 g/mol. The molecule has 0 unspecified atom stereocenters. The van der Waals surface area contributed by atoms with Crippen LogP contribution in [0, 0.1) is 5.82 Å².